The summed E-state index contributed by atoms with van der Waals surface area (Å²) in [5.74, 6) is -1.88. The van der Waals surface area contributed by atoms with Gasteiger partial charge in [-0.05, 0) is 31.5 Å². The molecule has 0 saturated heterocycles. The van der Waals surface area contributed by atoms with Gasteiger partial charge >= 0.3 is 5.97 Å². The quantitative estimate of drug-likeness (QED) is 0.850. The summed E-state index contributed by atoms with van der Waals surface area (Å²) in [4.78, 5) is 22.8. The van der Waals surface area contributed by atoms with Crippen LogP contribution < -0.4 is 0 Å². The van der Waals surface area contributed by atoms with Crippen LogP contribution in [-0.2, 0) is 10.0 Å². The van der Waals surface area contributed by atoms with E-state index in [9.17, 15) is 18.0 Å². The molecule has 7 heteroatoms. The maximum absolute atomic E-state index is 12.4. The van der Waals surface area contributed by atoms with Gasteiger partial charge in [0.25, 0.3) is 15.9 Å². The number of amides is 1. The molecule has 0 aliphatic carbocycles. The molecule has 1 N–H and O–H groups in total. The summed E-state index contributed by atoms with van der Waals surface area (Å²) in [6.07, 6.45) is 1.85. The number of fused-ring (bicyclic) bond motifs is 1. The Hall–Kier alpha value is -2.15. The van der Waals surface area contributed by atoms with Crippen LogP contribution in [0.2, 0.25) is 0 Å². The van der Waals surface area contributed by atoms with Gasteiger partial charge < -0.3 is 5.11 Å². The van der Waals surface area contributed by atoms with E-state index in [0.717, 1.165) is 10.4 Å². The first kappa shape index (κ1) is 14.3. The molecule has 0 radical (unpaired) electrons. The zero-order valence-electron chi connectivity index (χ0n) is 10.7. The summed E-state index contributed by atoms with van der Waals surface area (Å²) in [6, 6.07) is 2.91. The molecule has 1 aliphatic heterocycles. The first-order valence-electron chi connectivity index (χ1n) is 5.87. The van der Waals surface area contributed by atoms with Crippen molar-refractivity contribution in [1.29, 1.82) is 0 Å². The lowest BCUT2D eigenvalue weighted by molar-refractivity contribution is 0.0695. The molecule has 1 atom stereocenters. The minimum absolute atomic E-state index is 0.00547. The van der Waals surface area contributed by atoms with Crippen LogP contribution in [0.1, 0.15) is 34.1 Å². The Labute approximate surface area is 116 Å². The second-order valence-electron chi connectivity index (χ2n) is 4.50. The number of nitrogens with zero attached hydrogens (tertiary/aromatic N) is 1. The summed E-state index contributed by atoms with van der Waals surface area (Å²) in [6.45, 7) is 5.12. The van der Waals surface area contributed by atoms with E-state index >= 15 is 0 Å². The largest absolute Gasteiger partial charge is 0.478 e. The lowest BCUT2D eigenvalue weighted by Crippen LogP contribution is -2.37. The fourth-order valence-electron chi connectivity index (χ4n) is 2.15. The van der Waals surface area contributed by atoms with E-state index in [0.29, 0.717) is 6.42 Å². The Kier molecular flexibility index (Phi) is 3.39. The highest BCUT2D eigenvalue weighted by atomic mass is 32.2. The van der Waals surface area contributed by atoms with Crippen LogP contribution in [0.25, 0.3) is 0 Å². The molecular formula is C13H13NO5S. The van der Waals surface area contributed by atoms with Crippen LogP contribution in [0.15, 0.2) is 35.7 Å². The number of sulfonamides is 1. The smallest absolute Gasteiger partial charge is 0.335 e. The number of benzene rings is 1. The second-order valence-corrected chi connectivity index (χ2v) is 6.28. The van der Waals surface area contributed by atoms with E-state index in [1.54, 1.807) is 6.92 Å². The van der Waals surface area contributed by atoms with Gasteiger partial charge in [0.2, 0.25) is 0 Å². The van der Waals surface area contributed by atoms with Crippen molar-refractivity contribution in [3.05, 3.63) is 42.0 Å². The minimum Gasteiger partial charge on any atom is -0.478 e. The van der Waals surface area contributed by atoms with Gasteiger partial charge in [-0.1, -0.05) is 6.08 Å². The molecule has 1 unspecified atom stereocenters. The molecule has 6 nitrogen and oxygen atoms in total. The van der Waals surface area contributed by atoms with Crippen LogP contribution in [0.4, 0.5) is 0 Å². The molecule has 0 fully saturated rings. The number of carboxylic acid groups (broad SMARTS) is 1. The van der Waals surface area contributed by atoms with E-state index < -0.39 is 27.9 Å². The van der Waals surface area contributed by atoms with Gasteiger partial charge in [0.1, 0.15) is 4.90 Å². The fourth-order valence-corrected chi connectivity index (χ4v) is 3.95. The Balaban J connectivity index is 2.59. The number of carboxylic acids is 1. The van der Waals surface area contributed by atoms with Gasteiger partial charge in [-0.25, -0.2) is 17.5 Å². The van der Waals surface area contributed by atoms with Crippen molar-refractivity contribution in [2.45, 2.75) is 24.3 Å². The van der Waals surface area contributed by atoms with Gasteiger partial charge in [0.05, 0.1) is 11.1 Å². The summed E-state index contributed by atoms with van der Waals surface area (Å²) in [5, 5.41) is 8.90. The highest BCUT2D eigenvalue weighted by molar-refractivity contribution is 7.90. The minimum atomic E-state index is -4.00. The van der Waals surface area contributed by atoms with Crippen molar-refractivity contribution < 1.29 is 23.1 Å². The molecule has 20 heavy (non-hydrogen) atoms. The van der Waals surface area contributed by atoms with E-state index in [1.165, 1.54) is 18.2 Å². The summed E-state index contributed by atoms with van der Waals surface area (Å²) in [7, 11) is -4.00. The standard InChI is InChI=1S/C13H13NO5S/c1-3-4-8(2)14-12(15)10-6-5-9(13(16)17)7-11(10)20(14,18)19/h3,5-8H,1,4H2,2H3,(H,16,17). The Morgan fingerprint density at radius 2 is 2.15 bits per heavy atom. The van der Waals surface area contributed by atoms with Gasteiger partial charge in [0, 0.05) is 6.04 Å². The average Bonchev–Trinajstić information content (AvgIpc) is 2.57. The molecule has 1 amide bonds. The molecule has 1 aliphatic rings. The highest BCUT2D eigenvalue weighted by Crippen LogP contribution is 2.33. The van der Waals surface area contributed by atoms with Crippen molar-refractivity contribution >= 4 is 21.9 Å². The van der Waals surface area contributed by atoms with Gasteiger partial charge in [-0.15, -0.1) is 6.58 Å². The summed E-state index contributed by atoms with van der Waals surface area (Å²) < 4.78 is 25.5. The maximum Gasteiger partial charge on any atom is 0.335 e. The molecule has 1 aromatic carbocycles. The van der Waals surface area contributed by atoms with E-state index in [2.05, 4.69) is 6.58 Å². The first-order valence-corrected chi connectivity index (χ1v) is 7.31. The summed E-state index contributed by atoms with van der Waals surface area (Å²) >= 11 is 0. The fraction of sp³-hybridized carbons (Fsp3) is 0.231. The molecule has 1 aromatic rings. The normalized spacial score (nSPS) is 17.6. The molecule has 0 spiro atoms. The number of carbonyl (C=O) groups is 2. The molecule has 1 heterocycles. The lowest BCUT2D eigenvalue weighted by atomic mass is 10.1. The van der Waals surface area contributed by atoms with Gasteiger partial charge in [-0.3, -0.25) is 4.79 Å². The maximum atomic E-state index is 12.4. The Bertz CT molecular complexity index is 707. The van der Waals surface area contributed by atoms with Crippen molar-refractivity contribution in [2.75, 3.05) is 0 Å². The molecule has 0 saturated carbocycles. The third-order valence-electron chi connectivity index (χ3n) is 3.10. The molecule has 0 bridgehead atoms. The van der Waals surface area contributed by atoms with E-state index in [-0.39, 0.29) is 16.0 Å². The van der Waals surface area contributed by atoms with Crippen molar-refractivity contribution in [3.63, 3.8) is 0 Å². The number of carbonyl (C=O) groups excluding carboxylic acids is 1. The van der Waals surface area contributed by atoms with Gasteiger partial charge in [0.15, 0.2) is 0 Å². The highest BCUT2D eigenvalue weighted by Gasteiger charge is 2.43. The zero-order chi connectivity index (χ0) is 15.1. The van der Waals surface area contributed by atoms with Crippen LogP contribution in [0, 0.1) is 0 Å². The van der Waals surface area contributed by atoms with Crippen molar-refractivity contribution in [2.24, 2.45) is 0 Å². The molecular weight excluding hydrogens is 282 g/mol. The monoisotopic (exact) mass is 295 g/mol. The number of rotatable bonds is 4. The Morgan fingerprint density at radius 3 is 2.70 bits per heavy atom. The van der Waals surface area contributed by atoms with Crippen molar-refractivity contribution in [3.8, 4) is 0 Å². The average molecular weight is 295 g/mol. The lowest BCUT2D eigenvalue weighted by Gasteiger charge is -2.21. The zero-order valence-corrected chi connectivity index (χ0v) is 11.6. The summed E-state index contributed by atoms with van der Waals surface area (Å²) in [5.41, 5.74) is -0.163. The molecule has 0 aromatic heterocycles. The second kappa shape index (κ2) is 4.75. The molecule has 106 valence electrons. The topological polar surface area (TPSA) is 91.8 Å². The third-order valence-corrected chi connectivity index (χ3v) is 5.04. The predicted octanol–water partition coefficient (Wildman–Crippen LogP) is 1.49. The van der Waals surface area contributed by atoms with Gasteiger partial charge in [-0.2, -0.15) is 0 Å². The number of hydrogen-bond donors (Lipinski definition) is 1. The predicted molar refractivity (Wildman–Crippen MR) is 71.0 cm³/mol. The number of hydrogen-bond acceptors (Lipinski definition) is 4. The van der Waals surface area contributed by atoms with Crippen LogP contribution in [0.3, 0.4) is 0 Å². The van der Waals surface area contributed by atoms with E-state index in [1.807, 2.05) is 0 Å². The van der Waals surface area contributed by atoms with Crippen LogP contribution in [0.5, 0.6) is 0 Å². The van der Waals surface area contributed by atoms with E-state index in [4.69, 9.17) is 5.11 Å². The molecule has 2 rings (SSSR count). The van der Waals surface area contributed by atoms with Crippen molar-refractivity contribution in [1.82, 2.24) is 4.31 Å². The number of aromatic carboxylic acids is 1. The van der Waals surface area contributed by atoms with Crippen LogP contribution in [-0.4, -0.2) is 35.7 Å². The first-order chi connectivity index (χ1) is 9.30. The third kappa shape index (κ3) is 2.00. The Morgan fingerprint density at radius 1 is 1.50 bits per heavy atom. The van der Waals surface area contributed by atoms with Crippen LogP contribution >= 0.6 is 0 Å². The SMILES string of the molecule is C=CCC(C)N1C(=O)c2ccc(C(=O)O)cc2S1(=O)=O.